The Bertz CT molecular complexity index is 536. The van der Waals surface area contributed by atoms with Gasteiger partial charge in [0.1, 0.15) is 0 Å². The van der Waals surface area contributed by atoms with E-state index in [1.165, 1.54) is 4.88 Å². The summed E-state index contributed by atoms with van der Waals surface area (Å²) in [5.74, 6) is 0. The maximum Gasteiger partial charge on any atom is 0.0923 e. The third kappa shape index (κ3) is 3.45. The first-order valence-corrected chi connectivity index (χ1v) is 7.51. The van der Waals surface area contributed by atoms with Crippen molar-refractivity contribution in [2.75, 3.05) is 0 Å². The molecule has 1 N–H and O–H groups in total. The summed E-state index contributed by atoms with van der Waals surface area (Å²) in [5.41, 5.74) is 1.23. The van der Waals surface area contributed by atoms with Crippen LogP contribution in [-0.4, -0.2) is 14.9 Å². The highest BCUT2D eigenvalue weighted by Gasteiger charge is 2.19. The van der Waals surface area contributed by atoms with Gasteiger partial charge in [0, 0.05) is 28.9 Å². The molecule has 0 bridgehead atoms. The first-order valence-electron chi connectivity index (χ1n) is 6.69. The van der Waals surface area contributed by atoms with Crippen LogP contribution in [-0.2, 0) is 18.4 Å². The van der Waals surface area contributed by atoms with Gasteiger partial charge in [-0.05, 0) is 30.0 Å². The molecular weight excluding hydrogens is 256 g/mol. The molecule has 0 spiro atoms. The largest absolute Gasteiger partial charge is 0.387 e. The van der Waals surface area contributed by atoms with Gasteiger partial charge >= 0.3 is 0 Å². The van der Waals surface area contributed by atoms with Crippen LogP contribution in [0.3, 0.4) is 0 Å². The van der Waals surface area contributed by atoms with E-state index in [4.69, 9.17) is 0 Å². The van der Waals surface area contributed by atoms with Crippen molar-refractivity contribution in [3.8, 4) is 0 Å². The fourth-order valence-corrected chi connectivity index (χ4v) is 3.00. The smallest absolute Gasteiger partial charge is 0.0923 e. The molecule has 4 heteroatoms. The molecule has 19 heavy (non-hydrogen) atoms. The van der Waals surface area contributed by atoms with E-state index in [0.29, 0.717) is 6.42 Å². The van der Waals surface area contributed by atoms with Crippen LogP contribution in [0.5, 0.6) is 0 Å². The summed E-state index contributed by atoms with van der Waals surface area (Å²) in [4.78, 5) is 2.35. The van der Waals surface area contributed by atoms with Gasteiger partial charge in [0.05, 0.1) is 12.3 Å². The molecular formula is C15H22N2OS. The average Bonchev–Trinajstić information content (AvgIpc) is 2.96. The van der Waals surface area contributed by atoms with E-state index in [2.05, 4.69) is 38.9 Å². The van der Waals surface area contributed by atoms with Crippen LogP contribution >= 0.6 is 11.3 Å². The highest BCUT2D eigenvalue weighted by atomic mass is 32.1. The van der Waals surface area contributed by atoms with E-state index in [1.807, 2.05) is 23.1 Å². The summed E-state index contributed by atoms with van der Waals surface area (Å²) in [6, 6.07) is 4.17. The molecule has 104 valence electrons. The van der Waals surface area contributed by atoms with Crippen molar-refractivity contribution in [1.82, 2.24) is 9.78 Å². The van der Waals surface area contributed by atoms with Crippen molar-refractivity contribution in [2.24, 2.45) is 0 Å². The normalized spacial score (nSPS) is 13.7. The number of nitrogens with zero attached hydrogens (tertiary/aromatic N) is 2. The molecule has 0 aliphatic rings. The summed E-state index contributed by atoms with van der Waals surface area (Å²) in [5, 5.41) is 14.5. The van der Waals surface area contributed by atoms with Crippen LogP contribution in [0.4, 0.5) is 0 Å². The summed E-state index contributed by atoms with van der Waals surface area (Å²) < 4.78 is 1.89. The van der Waals surface area contributed by atoms with Crippen LogP contribution in [0.1, 0.15) is 49.1 Å². The van der Waals surface area contributed by atoms with E-state index in [9.17, 15) is 5.11 Å². The third-order valence-corrected chi connectivity index (χ3v) is 4.75. The first-order chi connectivity index (χ1) is 8.90. The number of rotatable bonds is 4. The third-order valence-electron chi connectivity index (χ3n) is 3.13. The standard InChI is InChI=1S/C15H22N2OS/c1-5-17-10-11(9-16-17)8-12(18)13-6-7-14(19-13)15(2,3)4/h6-7,9-10,12,18H,5,8H2,1-4H3. The van der Waals surface area contributed by atoms with E-state index in [0.717, 1.165) is 17.0 Å². The number of aromatic nitrogens is 2. The summed E-state index contributed by atoms with van der Waals surface area (Å²) in [6.07, 6.45) is 4.03. The lowest BCUT2D eigenvalue weighted by Crippen LogP contribution is -2.07. The Morgan fingerprint density at radius 2 is 2.11 bits per heavy atom. The highest BCUT2D eigenvalue weighted by Crippen LogP contribution is 2.33. The first kappa shape index (κ1) is 14.3. The van der Waals surface area contributed by atoms with Crippen LogP contribution in [0, 0.1) is 0 Å². The van der Waals surface area contributed by atoms with Gasteiger partial charge in [-0.3, -0.25) is 4.68 Å². The predicted octanol–water partition coefficient (Wildman–Crippen LogP) is 3.54. The number of aliphatic hydroxyl groups is 1. The molecule has 2 aromatic rings. The van der Waals surface area contributed by atoms with Gasteiger partial charge < -0.3 is 5.11 Å². The molecule has 2 heterocycles. The zero-order chi connectivity index (χ0) is 14.0. The fourth-order valence-electron chi connectivity index (χ4n) is 1.94. The summed E-state index contributed by atoms with van der Waals surface area (Å²) in [7, 11) is 0. The van der Waals surface area contributed by atoms with E-state index in [-0.39, 0.29) is 5.41 Å². The molecule has 0 saturated carbocycles. The predicted molar refractivity (Wildman–Crippen MR) is 79.6 cm³/mol. The Labute approximate surface area is 118 Å². The van der Waals surface area contributed by atoms with Crippen molar-refractivity contribution >= 4 is 11.3 Å². The molecule has 0 aliphatic heterocycles. The van der Waals surface area contributed by atoms with Crippen molar-refractivity contribution in [3.63, 3.8) is 0 Å². The van der Waals surface area contributed by atoms with Gasteiger partial charge in [0.25, 0.3) is 0 Å². The van der Waals surface area contributed by atoms with Crippen molar-refractivity contribution in [3.05, 3.63) is 39.8 Å². The average molecular weight is 278 g/mol. The molecule has 2 rings (SSSR count). The molecule has 0 radical (unpaired) electrons. The summed E-state index contributed by atoms with van der Waals surface area (Å²) in [6.45, 7) is 9.51. The lowest BCUT2D eigenvalue weighted by molar-refractivity contribution is 0.182. The number of aliphatic hydroxyl groups excluding tert-OH is 1. The topological polar surface area (TPSA) is 38.0 Å². The number of hydrogen-bond donors (Lipinski definition) is 1. The van der Waals surface area contributed by atoms with E-state index >= 15 is 0 Å². The second-order valence-electron chi connectivity index (χ2n) is 5.88. The Hall–Kier alpha value is -1.13. The maximum atomic E-state index is 10.3. The van der Waals surface area contributed by atoms with Gasteiger partial charge in [-0.1, -0.05) is 20.8 Å². The molecule has 0 amide bonds. The monoisotopic (exact) mass is 278 g/mol. The molecule has 0 fully saturated rings. The quantitative estimate of drug-likeness (QED) is 0.929. The Morgan fingerprint density at radius 3 is 2.63 bits per heavy atom. The molecule has 0 aliphatic carbocycles. The minimum Gasteiger partial charge on any atom is -0.387 e. The van der Waals surface area contributed by atoms with Crippen LogP contribution in [0.15, 0.2) is 24.5 Å². The van der Waals surface area contributed by atoms with Crippen molar-refractivity contribution < 1.29 is 5.11 Å². The number of thiophene rings is 1. The Kier molecular flexibility index (Phi) is 4.11. The molecule has 2 aromatic heterocycles. The van der Waals surface area contributed by atoms with Gasteiger partial charge in [-0.15, -0.1) is 11.3 Å². The van der Waals surface area contributed by atoms with Gasteiger partial charge in [-0.25, -0.2) is 0 Å². The molecule has 1 atom stereocenters. The van der Waals surface area contributed by atoms with Gasteiger partial charge in [0.2, 0.25) is 0 Å². The van der Waals surface area contributed by atoms with Gasteiger partial charge in [0.15, 0.2) is 0 Å². The molecule has 3 nitrogen and oxygen atoms in total. The van der Waals surface area contributed by atoms with Crippen molar-refractivity contribution in [2.45, 2.75) is 52.2 Å². The lowest BCUT2D eigenvalue weighted by atomic mass is 9.95. The SMILES string of the molecule is CCn1cc(CC(O)c2ccc(C(C)(C)C)s2)cn1. The summed E-state index contributed by atoms with van der Waals surface area (Å²) >= 11 is 1.70. The van der Waals surface area contributed by atoms with Crippen LogP contribution in [0.25, 0.3) is 0 Å². The zero-order valence-electron chi connectivity index (χ0n) is 12.1. The van der Waals surface area contributed by atoms with Crippen molar-refractivity contribution in [1.29, 1.82) is 0 Å². The second kappa shape index (κ2) is 5.47. The fraction of sp³-hybridized carbons (Fsp3) is 0.533. The highest BCUT2D eigenvalue weighted by molar-refractivity contribution is 7.12. The molecule has 0 saturated heterocycles. The van der Waals surface area contributed by atoms with Crippen LogP contribution in [0.2, 0.25) is 0 Å². The van der Waals surface area contributed by atoms with Gasteiger partial charge in [-0.2, -0.15) is 5.10 Å². The Morgan fingerprint density at radius 1 is 1.37 bits per heavy atom. The maximum absolute atomic E-state index is 10.3. The zero-order valence-corrected chi connectivity index (χ0v) is 12.9. The van der Waals surface area contributed by atoms with E-state index in [1.54, 1.807) is 11.3 Å². The Balaban J connectivity index is 2.07. The number of aryl methyl sites for hydroxylation is 1. The second-order valence-corrected chi connectivity index (χ2v) is 6.99. The molecule has 0 aromatic carbocycles. The lowest BCUT2D eigenvalue weighted by Gasteiger charge is -2.15. The molecule has 1 unspecified atom stereocenters. The van der Waals surface area contributed by atoms with Crippen LogP contribution < -0.4 is 0 Å². The number of hydrogen-bond acceptors (Lipinski definition) is 3. The minimum absolute atomic E-state index is 0.149. The minimum atomic E-state index is -0.435. The van der Waals surface area contributed by atoms with E-state index < -0.39 is 6.10 Å².